The Kier molecular flexibility index (Phi) is 5.93. The molecule has 1 aromatic carbocycles. The molecule has 3 rings (SSSR count). The van der Waals surface area contributed by atoms with E-state index >= 15 is 0 Å². The zero-order valence-electron chi connectivity index (χ0n) is 16.4. The van der Waals surface area contributed by atoms with Gasteiger partial charge in [0.25, 0.3) is 0 Å². The first kappa shape index (κ1) is 20.3. The Morgan fingerprint density at radius 1 is 1.22 bits per heavy atom. The number of fused-ring (bicyclic) bond motifs is 1. The minimum Gasteiger partial charge on any atom is -0.341 e. The van der Waals surface area contributed by atoms with E-state index in [0.717, 1.165) is 12.8 Å². The molecule has 1 aromatic rings. The molecule has 0 bridgehead atoms. The molecule has 1 saturated carbocycles. The van der Waals surface area contributed by atoms with Gasteiger partial charge in [-0.05, 0) is 49.1 Å². The summed E-state index contributed by atoms with van der Waals surface area (Å²) < 4.78 is 27.5. The smallest absolute Gasteiger partial charge is 0.243 e. The van der Waals surface area contributed by atoms with Crippen LogP contribution in [0.3, 0.4) is 0 Å². The van der Waals surface area contributed by atoms with Crippen LogP contribution in [0.5, 0.6) is 0 Å². The molecule has 2 N–H and O–H groups in total. The van der Waals surface area contributed by atoms with Crippen molar-refractivity contribution >= 4 is 15.9 Å². The Bertz CT molecular complexity index is 766. The van der Waals surface area contributed by atoms with Gasteiger partial charge in [0.05, 0.1) is 10.9 Å². The maximum atomic E-state index is 12.9. The summed E-state index contributed by atoms with van der Waals surface area (Å²) in [6, 6.07) is 8.17. The molecule has 27 heavy (non-hydrogen) atoms. The molecule has 1 aliphatic carbocycles. The summed E-state index contributed by atoms with van der Waals surface area (Å²) in [6.45, 7) is 5.13. The predicted octanol–water partition coefficient (Wildman–Crippen LogP) is 1.92. The quantitative estimate of drug-likeness (QED) is 0.800. The number of sulfonamides is 1. The maximum Gasteiger partial charge on any atom is 0.243 e. The van der Waals surface area contributed by atoms with E-state index in [9.17, 15) is 13.2 Å². The number of carbonyl (C=O) groups is 1. The Balaban J connectivity index is 1.70. The molecular formula is C20H31N3O3S. The van der Waals surface area contributed by atoms with Crippen molar-refractivity contribution in [3.8, 4) is 0 Å². The van der Waals surface area contributed by atoms with Crippen LogP contribution in [-0.2, 0) is 14.8 Å². The van der Waals surface area contributed by atoms with E-state index in [1.165, 1.54) is 0 Å². The van der Waals surface area contributed by atoms with Crippen LogP contribution in [0.1, 0.15) is 33.1 Å². The third kappa shape index (κ3) is 4.05. The Morgan fingerprint density at radius 2 is 1.89 bits per heavy atom. The van der Waals surface area contributed by atoms with Crippen molar-refractivity contribution in [2.45, 2.75) is 50.1 Å². The molecule has 0 radical (unpaired) electrons. The molecule has 6 nitrogen and oxygen atoms in total. The fourth-order valence-corrected chi connectivity index (χ4v) is 6.20. The van der Waals surface area contributed by atoms with Gasteiger partial charge in [-0.15, -0.1) is 0 Å². The highest BCUT2D eigenvalue weighted by Crippen LogP contribution is 2.42. The first-order chi connectivity index (χ1) is 12.7. The topological polar surface area (TPSA) is 83.7 Å². The lowest BCUT2D eigenvalue weighted by Gasteiger charge is -2.32. The zero-order chi connectivity index (χ0) is 19.8. The molecular weight excluding hydrogens is 362 g/mol. The lowest BCUT2D eigenvalue weighted by Crippen LogP contribution is -2.49. The third-order valence-electron chi connectivity index (χ3n) is 6.05. The summed E-state index contributed by atoms with van der Waals surface area (Å²) in [7, 11) is -1.65. The van der Waals surface area contributed by atoms with E-state index in [1.807, 2.05) is 13.1 Å². The number of benzene rings is 1. The highest BCUT2D eigenvalue weighted by atomic mass is 32.2. The fraction of sp³-hybridized carbons (Fsp3) is 0.650. The molecule has 1 saturated heterocycles. The SMILES string of the molecule is CC(C)C[C@H](N)C(=O)N(C)[C@@H]1CC[C@H]2CN(S(=O)(=O)c3ccccc3)C[C@H]21. The Labute approximate surface area is 162 Å². The van der Waals surface area contributed by atoms with Gasteiger partial charge in [0.1, 0.15) is 0 Å². The van der Waals surface area contributed by atoms with Crippen molar-refractivity contribution in [1.82, 2.24) is 9.21 Å². The van der Waals surface area contributed by atoms with E-state index in [-0.39, 0.29) is 17.9 Å². The Hall–Kier alpha value is -1.44. The normalized spacial score (nSPS) is 26.9. The monoisotopic (exact) mass is 393 g/mol. The number of carbonyl (C=O) groups excluding carboxylic acids is 1. The number of hydrogen-bond acceptors (Lipinski definition) is 4. The number of amides is 1. The first-order valence-electron chi connectivity index (χ1n) is 9.79. The van der Waals surface area contributed by atoms with Gasteiger partial charge in [-0.1, -0.05) is 32.0 Å². The maximum absolute atomic E-state index is 12.9. The molecule has 0 aromatic heterocycles. The number of rotatable bonds is 6. The van der Waals surface area contributed by atoms with Crippen LogP contribution in [0.25, 0.3) is 0 Å². The van der Waals surface area contributed by atoms with Crippen LogP contribution >= 0.6 is 0 Å². The van der Waals surface area contributed by atoms with Gasteiger partial charge in [0.15, 0.2) is 0 Å². The second-order valence-corrected chi connectivity index (χ2v) is 10.3. The predicted molar refractivity (Wildman–Crippen MR) is 105 cm³/mol. The van der Waals surface area contributed by atoms with Crippen molar-refractivity contribution in [3.05, 3.63) is 30.3 Å². The average molecular weight is 394 g/mol. The van der Waals surface area contributed by atoms with E-state index in [4.69, 9.17) is 5.73 Å². The fourth-order valence-electron chi connectivity index (χ4n) is 4.65. The largest absolute Gasteiger partial charge is 0.341 e. The van der Waals surface area contributed by atoms with Crippen LogP contribution in [0.15, 0.2) is 35.2 Å². The van der Waals surface area contributed by atoms with Crippen molar-refractivity contribution in [3.63, 3.8) is 0 Å². The number of nitrogens with two attached hydrogens (primary N) is 1. The average Bonchev–Trinajstić information content (AvgIpc) is 3.21. The van der Waals surface area contributed by atoms with Crippen LogP contribution < -0.4 is 5.73 Å². The number of likely N-dealkylation sites (N-methyl/N-ethyl adjacent to an activating group) is 1. The molecule has 1 aliphatic heterocycles. The molecule has 0 unspecified atom stereocenters. The highest BCUT2D eigenvalue weighted by molar-refractivity contribution is 7.89. The van der Waals surface area contributed by atoms with Gasteiger partial charge in [-0.25, -0.2) is 8.42 Å². The van der Waals surface area contributed by atoms with Gasteiger partial charge < -0.3 is 10.6 Å². The van der Waals surface area contributed by atoms with E-state index in [2.05, 4.69) is 13.8 Å². The summed E-state index contributed by atoms with van der Waals surface area (Å²) in [5, 5.41) is 0. The summed E-state index contributed by atoms with van der Waals surface area (Å²) >= 11 is 0. The van der Waals surface area contributed by atoms with Crippen LogP contribution in [0.4, 0.5) is 0 Å². The lowest BCUT2D eigenvalue weighted by atomic mass is 9.96. The van der Waals surface area contributed by atoms with Crippen LogP contribution in [-0.4, -0.2) is 55.8 Å². The molecule has 1 heterocycles. The second kappa shape index (κ2) is 7.89. The summed E-state index contributed by atoms with van der Waals surface area (Å²) in [6.07, 6.45) is 2.54. The van der Waals surface area contributed by atoms with E-state index in [1.54, 1.807) is 33.5 Å². The van der Waals surface area contributed by atoms with Gasteiger partial charge in [-0.2, -0.15) is 4.31 Å². The highest BCUT2D eigenvalue weighted by Gasteiger charge is 2.48. The van der Waals surface area contributed by atoms with E-state index < -0.39 is 16.1 Å². The lowest BCUT2D eigenvalue weighted by molar-refractivity contribution is -0.134. The molecule has 150 valence electrons. The summed E-state index contributed by atoms with van der Waals surface area (Å²) in [4.78, 5) is 14.8. The van der Waals surface area contributed by atoms with Gasteiger partial charge in [0.2, 0.25) is 15.9 Å². The molecule has 1 amide bonds. The molecule has 7 heteroatoms. The second-order valence-electron chi connectivity index (χ2n) is 8.39. The van der Waals surface area contributed by atoms with Crippen LogP contribution in [0.2, 0.25) is 0 Å². The van der Waals surface area contributed by atoms with Crippen molar-refractivity contribution < 1.29 is 13.2 Å². The number of nitrogens with zero attached hydrogens (tertiary/aromatic N) is 2. The van der Waals surface area contributed by atoms with Crippen molar-refractivity contribution in [2.24, 2.45) is 23.5 Å². The minimum atomic E-state index is -3.48. The number of hydrogen-bond donors (Lipinski definition) is 1. The molecule has 2 aliphatic rings. The first-order valence-corrected chi connectivity index (χ1v) is 11.2. The summed E-state index contributed by atoms with van der Waals surface area (Å²) in [5.74, 6) is 0.833. The van der Waals surface area contributed by atoms with Gasteiger partial charge in [0, 0.05) is 26.2 Å². The Morgan fingerprint density at radius 3 is 2.52 bits per heavy atom. The van der Waals surface area contributed by atoms with E-state index in [0.29, 0.717) is 36.2 Å². The molecule has 2 fully saturated rings. The zero-order valence-corrected chi connectivity index (χ0v) is 17.2. The van der Waals surface area contributed by atoms with Crippen molar-refractivity contribution in [1.29, 1.82) is 0 Å². The molecule has 0 spiro atoms. The standard InChI is InChI=1S/C20H31N3O3S/c1-14(2)11-18(21)20(24)22(3)19-10-9-15-12-23(13-17(15)19)27(25,26)16-7-5-4-6-8-16/h4-8,14-15,17-19H,9-13,21H2,1-3H3/t15-,17+,18-,19+/m0/s1. The van der Waals surface area contributed by atoms with Gasteiger partial charge >= 0.3 is 0 Å². The van der Waals surface area contributed by atoms with Crippen molar-refractivity contribution in [2.75, 3.05) is 20.1 Å². The summed E-state index contributed by atoms with van der Waals surface area (Å²) in [5.41, 5.74) is 6.10. The third-order valence-corrected chi connectivity index (χ3v) is 7.90. The molecule has 4 atom stereocenters. The van der Waals surface area contributed by atoms with Gasteiger partial charge in [-0.3, -0.25) is 4.79 Å². The van der Waals surface area contributed by atoms with Crippen LogP contribution in [0, 0.1) is 17.8 Å². The minimum absolute atomic E-state index is 0.0290.